The smallest absolute Gasteiger partial charge is 0.256 e. The summed E-state index contributed by atoms with van der Waals surface area (Å²) < 4.78 is 32.7. The predicted molar refractivity (Wildman–Crippen MR) is 22.5 cm³/mol. The molecule has 0 aromatic carbocycles. The number of alkyl halides is 3. The highest BCUT2D eigenvalue weighted by atomic mass is 32.1. The highest BCUT2D eigenvalue weighted by Gasteiger charge is 2.28. The molecule has 0 bridgehead atoms. The zero-order chi connectivity index (χ0) is 6.78. The number of thiocarbonyl (C=S) groups is 1. The molecule has 1 radical (unpaired) electrons. The molecule has 2 nitrogen and oxygen atoms in total. The summed E-state index contributed by atoms with van der Waals surface area (Å²) in [7, 11) is 0. The summed E-state index contributed by atoms with van der Waals surface area (Å²) in [6.07, 6.45) is -4.68. The average molecular weight is 144 g/mol. The van der Waals surface area contributed by atoms with Crippen LogP contribution < -0.4 is 5.32 Å². The van der Waals surface area contributed by atoms with E-state index in [2.05, 4.69) is 12.2 Å². The summed E-state index contributed by atoms with van der Waals surface area (Å²) in [5.41, 5.74) is 0. The lowest BCUT2D eigenvalue weighted by atomic mass is 11.0. The lowest BCUT2D eigenvalue weighted by Crippen LogP contribution is -2.34. The summed E-state index contributed by atoms with van der Waals surface area (Å²) in [5, 5.41) is 8.48. The Morgan fingerprint density at radius 1 is 1.50 bits per heavy atom. The molecule has 1 N–H and O–H groups in total. The molecule has 0 aliphatic carbocycles. The van der Waals surface area contributed by atoms with Gasteiger partial charge in [-0.2, -0.15) is 13.2 Å². The van der Waals surface area contributed by atoms with Crippen LogP contribution in [0.1, 0.15) is 0 Å². The monoisotopic (exact) mass is 144 g/mol. The second-order valence-corrected chi connectivity index (χ2v) is 1.28. The van der Waals surface area contributed by atoms with Crippen molar-refractivity contribution < 1.29 is 18.3 Å². The van der Waals surface area contributed by atoms with Crippen LogP contribution in [0.2, 0.25) is 0 Å². The van der Waals surface area contributed by atoms with Gasteiger partial charge in [-0.3, -0.25) is 10.4 Å². The molecule has 0 spiro atoms. The van der Waals surface area contributed by atoms with E-state index in [4.69, 9.17) is 0 Å². The second-order valence-electron chi connectivity index (χ2n) is 0.910. The third-order valence-corrected chi connectivity index (χ3v) is 0.346. The van der Waals surface area contributed by atoms with Gasteiger partial charge in [0.15, 0.2) is 0 Å². The lowest BCUT2D eigenvalue weighted by molar-refractivity contribution is -0.144. The van der Waals surface area contributed by atoms with Gasteiger partial charge in [-0.05, 0) is 12.2 Å². The summed E-state index contributed by atoms with van der Waals surface area (Å²) >= 11 is 3.56. The van der Waals surface area contributed by atoms with Crippen molar-refractivity contribution in [2.24, 2.45) is 0 Å². The molecule has 0 aliphatic rings. The van der Waals surface area contributed by atoms with Crippen molar-refractivity contribution in [3.63, 3.8) is 0 Å². The van der Waals surface area contributed by atoms with Gasteiger partial charge in [0.25, 0.3) is 0 Å². The molecule has 0 saturated heterocycles. The van der Waals surface area contributed by atoms with Crippen molar-refractivity contribution in [3.8, 4) is 0 Å². The molecule has 6 heteroatoms. The molecule has 0 aromatic heterocycles. The fourth-order valence-electron chi connectivity index (χ4n) is 0.116. The van der Waals surface area contributed by atoms with Crippen molar-refractivity contribution in [3.05, 3.63) is 0 Å². The first-order valence-electron chi connectivity index (χ1n) is 1.48. The average Bonchev–Trinajstić information content (AvgIpc) is 1.21. The maximum Gasteiger partial charge on any atom is 0.485 e. The number of hydrogen-bond donors (Lipinski definition) is 1. The van der Waals surface area contributed by atoms with E-state index in [0.29, 0.717) is 5.32 Å². The Labute approximate surface area is 48.3 Å². The fourth-order valence-corrected chi connectivity index (χ4v) is 0.231. The van der Waals surface area contributed by atoms with Gasteiger partial charge < -0.3 is 0 Å². The standard InChI is InChI=1S/C2HF3NOS/c3-2(4,5)6-1(7)8/h(H,6,8). The molecule has 0 atom stereocenters. The van der Waals surface area contributed by atoms with E-state index in [9.17, 15) is 18.3 Å². The zero-order valence-electron chi connectivity index (χ0n) is 3.45. The summed E-state index contributed by atoms with van der Waals surface area (Å²) in [4.78, 5) is 0. The minimum Gasteiger partial charge on any atom is -0.256 e. The van der Waals surface area contributed by atoms with Gasteiger partial charge in [-0.1, -0.05) is 0 Å². The fraction of sp³-hybridized carbons (Fsp3) is 0.500. The van der Waals surface area contributed by atoms with Crippen LogP contribution in [0, 0.1) is 0 Å². The quantitative estimate of drug-likeness (QED) is 0.403. The normalized spacial score (nSPS) is 10.9. The van der Waals surface area contributed by atoms with Gasteiger partial charge in [0.2, 0.25) is 0 Å². The Balaban J connectivity index is 3.55. The summed E-state index contributed by atoms with van der Waals surface area (Å²) in [5.74, 6) is 0. The Hall–Kier alpha value is -0.520. The van der Waals surface area contributed by atoms with Crippen LogP contribution in [0.15, 0.2) is 0 Å². The minimum absolute atomic E-state index is 0.558. The third kappa shape index (κ3) is 5.48. The predicted octanol–water partition coefficient (Wildman–Crippen LogP) is 0.811. The van der Waals surface area contributed by atoms with Crippen LogP contribution in [0.25, 0.3) is 0 Å². The molecule has 0 heterocycles. The van der Waals surface area contributed by atoms with Crippen LogP contribution in [0.3, 0.4) is 0 Å². The van der Waals surface area contributed by atoms with Crippen molar-refractivity contribution in [2.75, 3.05) is 0 Å². The first-order valence-corrected chi connectivity index (χ1v) is 1.88. The van der Waals surface area contributed by atoms with Crippen molar-refractivity contribution in [1.29, 1.82) is 0 Å². The topological polar surface area (TPSA) is 31.9 Å². The highest BCUT2D eigenvalue weighted by Crippen LogP contribution is 2.08. The van der Waals surface area contributed by atoms with Crippen molar-refractivity contribution in [2.45, 2.75) is 6.30 Å². The molecular formula is C2HF3NOS. The van der Waals surface area contributed by atoms with E-state index >= 15 is 0 Å². The van der Waals surface area contributed by atoms with E-state index in [1.807, 2.05) is 0 Å². The number of hydrogen-bond acceptors (Lipinski definition) is 1. The van der Waals surface area contributed by atoms with Crippen LogP contribution >= 0.6 is 12.2 Å². The van der Waals surface area contributed by atoms with Crippen LogP contribution in [-0.2, 0) is 5.11 Å². The third-order valence-electron chi connectivity index (χ3n) is 0.244. The molecule has 8 heavy (non-hydrogen) atoms. The van der Waals surface area contributed by atoms with E-state index in [1.165, 1.54) is 0 Å². The molecular weight excluding hydrogens is 143 g/mol. The van der Waals surface area contributed by atoms with Gasteiger partial charge in [0.05, 0.1) is 0 Å². The number of rotatable bonds is 0. The van der Waals surface area contributed by atoms with Gasteiger partial charge in [-0.15, -0.1) is 0 Å². The molecule has 0 unspecified atom stereocenters. The molecule has 0 aromatic rings. The molecule has 0 aliphatic heterocycles. The SMILES string of the molecule is [O]C(=S)NC(F)(F)F. The summed E-state index contributed by atoms with van der Waals surface area (Å²) in [6, 6.07) is 0. The zero-order valence-corrected chi connectivity index (χ0v) is 4.27. The van der Waals surface area contributed by atoms with Crippen LogP contribution in [0.5, 0.6) is 0 Å². The highest BCUT2D eigenvalue weighted by molar-refractivity contribution is 7.79. The first kappa shape index (κ1) is 7.48. The maximum absolute atomic E-state index is 10.9. The Morgan fingerprint density at radius 3 is 1.88 bits per heavy atom. The Bertz CT molecular complexity index is 99.9. The van der Waals surface area contributed by atoms with Crippen molar-refractivity contribution in [1.82, 2.24) is 5.32 Å². The molecule has 0 saturated carbocycles. The second kappa shape index (κ2) is 2.17. The van der Waals surface area contributed by atoms with E-state index in [1.54, 1.807) is 0 Å². The van der Waals surface area contributed by atoms with E-state index in [0.717, 1.165) is 0 Å². The first-order chi connectivity index (χ1) is 3.42. The minimum atomic E-state index is -4.68. The van der Waals surface area contributed by atoms with E-state index < -0.39 is 11.5 Å². The Morgan fingerprint density at radius 2 is 1.88 bits per heavy atom. The largest absolute Gasteiger partial charge is 0.485 e. The molecule has 0 rings (SSSR count). The Kier molecular flexibility index (Phi) is 2.02. The van der Waals surface area contributed by atoms with Crippen LogP contribution in [0.4, 0.5) is 13.2 Å². The molecule has 0 fully saturated rings. The van der Waals surface area contributed by atoms with E-state index in [-0.39, 0.29) is 0 Å². The molecule has 0 amide bonds. The summed E-state index contributed by atoms with van der Waals surface area (Å²) in [6.45, 7) is 0. The van der Waals surface area contributed by atoms with Gasteiger partial charge in [0, 0.05) is 0 Å². The van der Waals surface area contributed by atoms with Crippen LogP contribution in [-0.4, -0.2) is 11.5 Å². The lowest BCUT2D eigenvalue weighted by Gasteiger charge is -2.02. The van der Waals surface area contributed by atoms with Crippen molar-refractivity contribution >= 4 is 17.4 Å². The van der Waals surface area contributed by atoms with Gasteiger partial charge >= 0.3 is 11.5 Å². The maximum atomic E-state index is 10.9. The van der Waals surface area contributed by atoms with Gasteiger partial charge in [0.1, 0.15) is 0 Å². The van der Waals surface area contributed by atoms with Gasteiger partial charge in [-0.25, -0.2) is 0 Å². The molecule has 47 valence electrons. The number of halogens is 3. The number of nitrogens with one attached hydrogen (secondary N) is 1.